The highest BCUT2D eigenvalue weighted by atomic mass is 16.5. The van der Waals surface area contributed by atoms with Gasteiger partial charge in [-0.1, -0.05) is 38.1 Å². The first-order valence-electron chi connectivity index (χ1n) is 7.10. The number of furan rings is 1. The number of unbranched alkanes of at least 4 members (excludes halogenated alkanes) is 1. The monoisotopic (exact) mass is 284 g/mol. The molecular weight excluding hydrogens is 264 g/mol. The summed E-state index contributed by atoms with van der Waals surface area (Å²) in [5, 5.41) is 0.983. The average molecular weight is 284 g/mol. The second kappa shape index (κ2) is 6.93. The van der Waals surface area contributed by atoms with Gasteiger partial charge in [0.05, 0.1) is 12.7 Å². The molecule has 1 heterocycles. The number of fused-ring (bicyclic) bond motifs is 1. The van der Waals surface area contributed by atoms with Crippen LogP contribution < -0.4 is 0 Å². The quantitative estimate of drug-likeness (QED) is 0.571. The molecule has 0 bridgehead atoms. The van der Waals surface area contributed by atoms with Crippen LogP contribution in [0.2, 0.25) is 0 Å². The van der Waals surface area contributed by atoms with E-state index in [1.54, 1.807) is 12.1 Å². The molecule has 0 unspecified atom stereocenters. The van der Waals surface area contributed by atoms with E-state index in [0.29, 0.717) is 17.6 Å². The lowest BCUT2D eigenvalue weighted by atomic mass is 10.1. The lowest BCUT2D eigenvalue weighted by molar-refractivity contribution is 0.0601. The largest absolute Gasteiger partial charge is 0.465 e. The molecule has 1 aromatic carbocycles. The number of carbonyl (C=O) groups excluding carboxylic acids is 1. The molecule has 0 saturated carbocycles. The lowest BCUT2D eigenvalue weighted by Gasteiger charge is -1.99. The Morgan fingerprint density at radius 2 is 2.19 bits per heavy atom. The summed E-state index contributed by atoms with van der Waals surface area (Å²) in [5.74, 6) is 0.513. The van der Waals surface area contributed by atoms with Crippen molar-refractivity contribution < 1.29 is 13.9 Å². The Balaban J connectivity index is 2.26. The van der Waals surface area contributed by atoms with Gasteiger partial charge >= 0.3 is 5.97 Å². The maximum absolute atomic E-state index is 11.5. The molecule has 3 nitrogen and oxygen atoms in total. The molecule has 3 heteroatoms. The van der Waals surface area contributed by atoms with Crippen molar-refractivity contribution in [3.63, 3.8) is 0 Å². The first-order chi connectivity index (χ1) is 10.2. The fourth-order valence-electron chi connectivity index (χ4n) is 2.18. The van der Waals surface area contributed by atoms with Crippen LogP contribution in [0.25, 0.3) is 11.0 Å². The summed E-state index contributed by atoms with van der Waals surface area (Å²) >= 11 is 0. The van der Waals surface area contributed by atoms with Crippen molar-refractivity contribution in [2.45, 2.75) is 26.2 Å². The molecule has 2 aromatic rings. The van der Waals surface area contributed by atoms with Crippen LogP contribution in [0, 0.1) is 0 Å². The summed E-state index contributed by atoms with van der Waals surface area (Å²) in [6.07, 6.45) is 6.91. The number of rotatable bonds is 6. The van der Waals surface area contributed by atoms with Gasteiger partial charge in [-0.3, -0.25) is 0 Å². The molecule has 2 rings (SSSR count). The van der Waals surface area contributed by atoms with Crippen molar-refractivity contribution >= 4 is 16.9 Å². The van der Waals surface area contributed by atoms with Gasteiger partial charge in [0.25, 0.3) is 0 Å². The molecule has 0 spiro atoms. The van der Waals surface area contributed by atoms with Gasteiger partial charge in [0, 0.05) is 11.8 Å². The predicted molar refractivity (Wildman–Crippen MR) is 84.4 cm³/mol. The molecule has 0 radical (unpaired) electrons. The van der Waals surface area contributed by atoms with Crippen molar-refractivity contribution in [2.75, 3.05) is 7.11 Å². The third-order valence-electron chi connectivity index (χ3n) is 3.33. The molecule has 0 atom stereocenters. The van der Waals surface area contributed by atoms with Gasteiger partial charge in [-0.25, -0.2) is 4.79 Å². The molecule has 0 saturated heterocycles. The molecule has 1 aromatic heterocycles. The van der Waals surface area contributed by atoms with Crippen molar-refractivity contribution in [1.82, 2.24) is 0 Å². The smallest absolute Gasteiger partial charge is 0.337 e. The Bertz CT molecular complexity index is 677. The van der Waals surface area contributed by atoms with Crippen LogP contribution in [0.3, 0.4) is 0 Å². The van der Waals surface area contributed by atoms with E-state index in [1.165, 1.54) is 7.11 Å². The maximum atomic E-state index is 11.5. The van der Waals surface area contributed by atoms with Gasteiger partial charge < -0.3 is 9.15 Å². The van der Waals surface area contributed by atoms with Crippen LogP contribution in [0.1, 0.15) is 35.9 Å². The Morgan fingerprint density at radius 1 is 1.38 bits per heavy atom. The summed E-state index contributed by atoms with van der Waals surface area (Å²) in [5.41, 5.74) is 2.35. The first kappa shape index (κ1) is 15.1. The number of carbonyl (C=O) groups is 1. The number of hydrogen-bond donors (Lipinski definition) is 0. The molecule has 0 aliphatic carbocycles. The van der Waals surface area contributed by atoms with E-state index in [9.17, 15) is 4.79 Å². The summed E-state index contributed by atoms with van der Waals surface area (Å²) < 4.78 is 10.5. The van der Waals surface area contributed by atoms with E-state index in [2.05, 4.69) is 19.6 Å². The zero-order valence-electron chi connectivity index (χ0n) is 12.5. The normalized spacial score (nSPS) is 11.6. The third-order valence-corrected chi connectivity index (χ3v) is 3.33. The fraction of sp³-hybridized carbons (Fsp3) is 0.278. The Labute approximate surface area is 124 Å². The minimum absolute atomic E-state index is 0.357. The highest BCUT2D eigenvalue weighted by molar-refractivity contribution is 5.93. The Hall–Kier alpha value is -2.29. The van der Waals surface area contributed by atoms with E-state index in [4.69, 9.17) is 9.15 Å². The summed E-state index contributed by atoms with van der Waals surface area (Å²) in [7, 11) is 1.37. The number of hydrogen-bond acceptors (Lipinski definition) is 3. The molecule has 0 aliphatic rings. The van der Waals surface area contributed by atoms with E-state index < -0.39 is 0 Å². The average Bonchev–Trinajstić information content (AvgIpc) is 2.91. The van der Waals surface area contributed by atoms with Crippen molar-refractivity contribution in [1.29, 1.82) is 0 Å². The van der Waals surface area contributed by atoms with E-state index in [0.717, 1.165) is 29.6 Å². The van der Waals surface area contributed by atoms with E-state index in [1.807, 2.05) is 18.2 Å². The van der Waals surface area contributed by atoms with Crippen LogP contribution in [0.4, 0.5) is 0 Å². The summed E-state index contributed by atoms with van der Waals surface area (Å²) in [4.78, 5) is 11.5. The van der Waals surface area contributed by atoms with Crippen LogP contribution in [0.15, 0.2) is 53.0 Å². The number of benzene rings is 1. The second-order valence-electron chi connectivity index (χ2n) is 4.91. The topological polar surface area (TPSA) is 39.4 Å². The number of esters is 1. The second-order valence-corrected chi connectivity index (χ2v) is 4.91. The van der Waals surface area contributed by atoms with Gasteiger partial charge in [-0.2, -0.15) is 0 Å². The fourth-order valence-corrected chi connectivity index (χ4v) is 2.18. The van der Waals surface area contributed by atoms with Crippen LogP contribution in [-0.4, -0.2) is 13.1 Å². The molecule has 0 N–H and O–H groups in total. The third kappa shape index (κ3) is 3.63. The van der Waals surface area contributed by atoms with Crippen LogP contribution >= 0.6 is 0 Å². The van der Waals surface area contributed by atoms with Crippen molar-refractivity contribution in [3.05, 3.63) is 59.9 Å². The number of ether oxygens (including phenoxy) is 1. The number of allylic oxidation sites excluding steroid dienone is 3. The Kier molecular flexibility index (Phi) is 4.99. The van der Waals surface area contributed by atoms with E-state index >= 15 is 0 Å². The molecular formula is C18H20O3. The molecule has 110 valence electrons. The molecule has 0 fully saturated rings. The highest BCUT2D eigenvalue weighted by Crippen LogP contribution is 2.23. The van der Waals surface area contributed by atoms with Crippen LogP contribution in [0.5, 0.6) is 0 Å². The van der Waals surface area contributed by atoms with Gasteiger partial charge in [0.15, 0.2) is 0 Å². The van der Waals surface area contributed by atoms with Gasteiger partial charge in [-0.15, -0.1) is 0 Å². The van der Waals surface area contributed by atoms with Gasteiger partial charge in [0.1, 0.15) is 11.3 Å². The maximum Gasteiger partial charge on any atom is 0.337 e. The van der Waals surface area contributed by atoms with Gasteiger partial charge in [0.2, 0.25) is 0 Å². The van der Waals surface area contributed by atoms with Gasteiger partial charge in [-0.05, 0) is 30.2 Å². The predicted octanol–water partition coefficient (Wildman–Crippen LogP) is 4.67. The van der Waals surface area contributed by atoms with Crippen molar-refractivity contribution in [2.24, 2.45) is 0 Å². The zero-order chi connectivity index (χ0) is 15.2. The zero-order valence-corrected chi connectivity index (χ0v) is 12.5. The minimum atomic E-state index is -0.357. The number of methoxy groups -OCH3 is 1. The Morgan fingerprint density at radius 3 is 2.86 bits per heavy atom. The molecule has 0 aliphatic heterocycles. The molecule has 0 amide bonds. The lowest BCUT2D eigenvalue weighted by Crippen LogP contribution is -1.99. The van der Waals surface area contributed by atoms with Crippen LogP contribution in [-0.2, 0) is 11.2 Å². The minimum Gasteiger partial charge on any atom is -0.465 e. The molecule has 21 heavy (non-hydrogen) atoms. The summed E-state index contributed by atoms with van der Waals surface area (Å²) in [6, 6.07) is 7.33. The SMILES string of the molecule is C=C/C(=C\CCC)Cc1cc2ccc(C(=O)OC)cc2o1. The first-order valence-corrected chi connectivity index (χ1v) is 7.10. The highest BCUT2D eigenvalue weighted by Gasteiger charge is 2.10. The summed E-state index contributed by atoms with van der Waals surface area (Å²) in [6.45, 7) is 5.99. The standard InChI is InChI=1S/C18H20O3/c1-4-6-7-13(5-2)10-16-11-14-8-9-15(18(19)20-3)12-17(14)21-16/h5,7-9,11-12H,2,4,6,10H2,1,3H3/b13-7+. The van der Waals surface area contributed by atoms with Crippen molar-refractivity contribution in [3.8, 4) is 0 Å². The van der Waals surface area contributed by atoms with E-state index in [-0.39, 0.29) is 5.97 Å².